The van der Waals surface area contributed by atoms with Gasteiger partial charge in [-0.3, -0.25) is 9.59 Å². The van der Waals surface area contributed by atoms with Gasteiger partial charge in [0.2, 0.25) is 11.8 Å². The van der Waals surface area contributed by atoms with Crippen LogP contribution in [0, 0.1) is 0 Å². The van der Waals surface area contributed by atoms with Crippen LogP contribution in [0.5, 0.6) is 0 Å². The molecule has 3 N–H and O–H groups in total. The topological polar surface area (TPSA) is 81.7 Å². The van der Waals surface area contributed by atoms with Crippen molar-refractivity contribution in [3.8, 4) is 0 Å². The summed E-state index contributed by atoms with van der Waals surface area (Å²) >= 11 is 1.89. The standard InChI is InChI=1S/C17H23N3O3S/c21-14-10-15(18-11-14)17(23)19-13-3-1-12(2-4-13)9-16(22)20-5-7-24-8-6-20/h1-4,14-15,18,21H,5-11H2,(H,19,23). The van der Waals surface area contributed by atoms with Crippen LogP contribution in [0.25, 0.3) is 0 Å². The zero-order chi connectivity index (χ0) is 16.9. The van der Waals surface area contributed by atoms with E-state index < -0.39 is 6.10 Å². The summed E-state index contributed by atoms with van der Waals surface area (Å²) in [7, 11) is 0. The van der Waals surface area contributed by atoms with Crippen LogP contribution < -0.4 is 10.6 Å². The van der Waals surface area contributed by atoms with Crippen LogP contribution in [-0.2, 0) is 16.0 Å². The van der Waals surface area contributed by atoms with Crippen molar-refractivity contribution in [1.82, 2.24) is 10.2 Å². The Labute approximate surface area is 146 Å². The van der Waals surface area contributed by atoms with Crippen molar-refractivity contribution < 1.29 is 14.7 Å². The summed E-state index contributed by atoms with van der Waals surface area (Å²) in [4.78, 5) is 26.3. The summed E-state index contributed by atoms with van der Waals surface area (Å²) in [6, 6.07) is 7.04. The third-order valence-corrected chi connectivity index (χ3v) is 5.31. The van der Waals surface area contributed by atoms with Crippen LogP contribution in [0.2, 0.25) is 0 Å². The van der Waals surface area contributed by atoms with E-state index in [-0.39, 0.29) is 17.9 Å². The van der Waals surface area contributed by atoms with Gasteiger partial charge in [0.15, 0.2) is 0 Å². The summed E-state index contributed by atoms with van der Waals surface area (Å²) in [5.41, 5.74) is 1.65. The van der Waals surface area contributed by atoms with Gasteiger partial charge in [-0.1, -0.05) is 12.1 Å². The third kappa shape index (κ3) is 4.49. The number of rotatable bonds is 4. The maximum atomic E-state index is 12.2. The molecule has 24 heavy (non-hydrogen) atoms. The first kappa shape index (κ1) is 17.3. The third-order valence-electron chi connectivity index (χ3n) is 4.36. The van der Waals surface area contributed by atoms with E-state index in [4.69, 9.17) is 0 Å². The van der Waals surface area contributed by atoms with Gasteiger partial charge in [-0.05, 0) is 24.1 Å². The molecule has 0 aromatic heterocycles. The molecule has 1 aromatic carbocycles. The van der Waals surface area contributed by atoms with E-state index in [0.29, 0.717) is 25.1 Å². The van der Waals surface area contributed by atoms with Crippen LogP contribution in [-0.4, -0.2) is 65.1 Å². The molecule has 0 spiro atoms. The molecular weight excluding hydrogens is 326 g/mol. The van der Waals surface area contributed by atoms with E-state index in [0.717, 1.165) is 30.2 Å². The molecule has 2 atom stereocenters. The van der Waals surface area contributed by atoms with E-state index in [9.17, 15) is 14.7 Å². The summed E-state index contributed by atoms with van der Waals surface area (Å²) in [5, 5.41) is 15.3. The SMILES string of the molecule is O=C(Nc1ccc(CC(=O)N2CCSCC2)cc1)C1CC(O)CN1. The number of aliphatic hydroxyl groups is 1. The summed E-state index contributed by atoms with van der Waals surface area (Å²) in [5.74, 6) is 2.05. The maximum absolute atomic E-state index is 12.2. The highest BCUT2D eigenvalue weighted by Crippen LogP contribution is 2.15. The molecule has 6 nitrogen and oxygen atoms in total. The Bertz CT molecular complexity index is 549. The minimum Gasteiger partial charge on any atom is -0.392 e. The predicted molar refractivity (Wildman–Crippen MR) is 95.1 cm³/mol. The average Bonchev–Trinajstić information content (AvgIpc) is 3.04. The molecule has 2 unspecified atom stereocenters. The quantitative estimate of drug-likeness (QED) is 0.736. The highest BCUT2D eigenvalue weighted by molar-refractivity contribution is 7.99. The molecular formula is C17H23N3O3S. The molecule has 1 aromatic rings. The number of benzene rings is 1. The van der Waals surface area contributed by atoms with E-state index in [2.05, 4.69) is 10.6 Å². The second-order valence-corrected chi connectivity index (χ2v) is 7.43. The Morgan fingerprint density at radius 2 is 1.96 bits per heavy atom. The largest absolute Gasteiger partial charge is 0.392 e. The normalized spacial score (nSPS) is 24.0. The predicted octanol–water partition coefficient (Wildman–Crippen LogP) is 0.466. The van der Waals surface area contributed by atoms with Gasteiger partial charge in [0.25, 0.3) is 0 Å². The molecule has 2 aliphatic rings. The van der Waals surface area contributed by atoms with Crippen LogP contribution in [0.1, 0.15) is 12.0 Å². The van der Waals surface area contributed by atoms with Crippen LogP contribution in [0.3, 0.4) is 0 Å². The average molecular weight is 349 g/mol. The van der Waals surface area contributed by atoms with Gasteiger partial charge >= 0.3 is 0 Å². The van der Waals surface area contributed by atoms with Crippen molar-refractivity contribution >= 4 is 29.3 Å². The number of nitrogens with one attached hydrogen (secondary N) is 2. The Morgan fingerprint density at radius 1 is 1.25 bits per heavy atom. The molecule has 0 aliphatic carbocycles. The molecule has 0 saturated carbocycles. The lowest BCUT2D eigenvalue weighted by atomic mass is 10.1. The summed E-state index contributed by atoms with van der Waals surface area (Å²) in [6.07, 6.45) is 0.379. The Balaban J connectivity index is 1.51. The van der Waals surface area contributed by atoms with Crippen LogP contribution in [0.15, 0.2) is 24.3 Å². The molecule has 0 radical (unpaired) electrons. The minimum absolute atomic E-state index is 0.138. The second-order valence-electron chi connectivity index (χ2n) is 6.21. The Kier molecular flexibility index (Phi) is 5.76. The van der Waals surface area contributed by atoms with Crippen molar-refractivity contribution in [2.24, 2.45) is 0 Å². The van der Waals surface area contributed by atoms with E-state index in [1.54, 1.807) is 0 Å². The monoisotopic (exact) mass is 349 g/mol. The molecule has 3 rings (SSSR count). The fraction of sp³-hybridized carbons (Fsp3) is 0.529. The van der Waals surface area contributed by atoms with Gasteiger partial charge in [0, 0.05) is 36.8 Å². The number of thioether (sulfide) groups is 1. The minimum atomic E-state index is -0.456. The molecule has 2 aliphatic heterocycles. The number of hydrogen-bond acceptors (Lipinski definition) is 5. The lowest BCUT2D eigenvalue weighted by molar-refractivity contribution is -0.130. The van der Waals surface area contributed by atoms with E-state index in [1.807, 2.05) is 40.9 Å². The first-order chi connectivity index (χ1) is 11.6. The van der Waals surface area contributed by atoms with Gasteiger partial charge in [0.05, 0.1) is 18.6 Å². The number of amides is 2. The smallest absolute Gasteiger partial charge is 0.241 e. The van der Waals surface area contributed by atoms with Crippen molar-refractivity contribution in [2.45, 2.75) is 25.0 Å². The van der Waals surface area contributed by atoms with Crippen LogP contribution >= 0.6 is 11.8 Å². The van der Waals surface area contributed by atoms with Gasteiger partial charge in [-0.25, -0.2) is 0 Å². The highest BCUT2D eigenvalue weighted by Gasteiger charge is 2.27. The molecule has 2 fully saturated rings. The van der Waals surface area contributed by atoms with E-state index in [1.165, 1.54) is 0 Å². The maximum Gasteiger partial charge on any atom is 0.241 e. The number of hydrogen-bond donors (Lipinski definition) is 3. The van der Waals surface area contributed by atoms with Crippen molar-refractivity contribution in [1.29, 1.82) is 0 Å². The molecule has 130 valence electrons. The number of carbonyl (C=O) groups excluding carboxylic acids is 2. The first-order valence-corrected chi connectivity index (χ1v) is 9.44. The number of β-amino-alcohol motifs (C(OH)–C–C–N with tert-alkyl or cyclic N) is 1. The van der Waals surface area contributed by atoms with Crippen molar-refractivity contribution in [2.75, 3.05) is 36.5 Å². The molecule has 2 saturated heterocycles. The van der Waals surface area contributed by atoms with Crippen molar-refractivity contribution in [3.63, 3.8) is 0 Å². The summed E-state index contributed by atoms with van der Waals surface area (Å²) < 4.78 is 0. The first-order valence-electron chi connectivity index (χ1n) is 8.28. The number of aliphatic hydroxyl groups excluding tert-OH is 1. The molecule has 2 heterocycles. The van der Waals surface area contributed by atoms with Gasteiger partial charge in [0.1, 0.15) is 0 Å². The molecule has 2 amide bonds. The number of nitrogens with zero attached hydrogens (tertiary/aromatic N) is 1. The fourth-order valence-corrected chi connectivity index (χ4v) is 3.85. The molecule has 0 bridgehead atoms. The summed E-state index contributed by atoms with van der Waals surface area (Å²) in [6.45, 7) is 2.11. The van der Waals surface area contributed by atoms with Gasteiger partial charge < -0.3 is 20.6 Å². The zero-order valence-electron chi connectivity index (χ0n) is 13.5. The fourth-order valence-electron chi connectivity index (χ4n) is 2.95. The highest BCUT2D eigenvalue weighted by atomic mass is 32.2. The van der Waals surface area contributed by atoms with Crippen molar-refractivity contribution in [3.05, 3.63) is 29.8 Å². The number of anilines is 1. The van der Waals surface area contributed by atoms with E-state index >= 15 is 0 Å². The zero-order valence-corrected chi connectivity index (χ0v) is 14.3. The van der Waals surface area contributed by atoms with Crippen LogP contribution in [0.4, 0.5) is 5.69 Å². The molecule has 7 heteroatoms. The lowest BCUT2D eigenvalue weighted by Crippen LogP contribution is -2.38. The van der Waals surface area contributed by atoms with Gasteiger partial charge in [-0.15, -0.1) is 0 Å². The Hall–Kier alpha value is -1.57. The Morgan fingerprint density at radius 3 is 2.58 bits per heavy atom. The second kappa shape index (κ2) is 8.00. The van der Waals surface area contributed by atoms with Gasteiger partial charge in [-0.2, -0.15) is 11.8 Å². The number of carbonyl (C=O) groups is 2. The lowest BCUT2D eigenvalue weighted by Gasteiger charge is -2.26.